The first-order valence-electron chi connectivity index (χ1n) is 7.15. The minimum Gasteiger partial charge on any atom is -0.300 e. The number of hydrazone groups is 1. The Morgan fingerprint density at radius 1 is 1.27 bits per heavy atom. The molecule has 22 heavy (non-hydrogen) atoms. The fourth-order valence-corrected chi connectivity index (χ4v) is 3.96. The molecule has 114 valence electrons. The lowest BCUT2D eigenvalue weighted by molar-refractivity contribution is -0.128. The number of para-hydroxylation sites is 1. The quantitative estimate of drug-likeness (QED) is 0.885. The Labute approximate surface area is 131 Å². The van der Waals surface area contributed by atoms with Crippen molar-refractivity contribution in [2.75, 3.05) is 17.2 Å². The molecule has 0 aromatic heterocycles. The number of fused-ring (bicyclic) bond motifs is 3. The van der Waals surface area contributed by atoms with Gasteiger partial charge in [0, 0.05) is 12.2 Å². The molecule has 3 aliphatic rings. The van der Waals surface area contributed by atoms with Gasteiger partial charge in [-0.3, -0.25) is 24.9 Å². The highest BCUT2D eigenvalue weighted by Crippen LogP contribution is 2.35. The highest BCUT2D eigenvalue weighted by Gasteiger charge is 2.54. The molecule has 7 nitrogen and oxygen atoms in total. The van der Waals surface area contributed by atoms with Crippen molar-refractivity contribution in [3.05, 3.63) is 30.3 Å². The fourth-order valence-electron chi connectivity index (χ4n) is 3.10. The summed E-state index contributed by atoms with van der Waals surface area (Å²) in [6.07, 6.45) is -0.728. The van der Waals surface area contributed by atoms with Gasteiger partial charge in [-0.25, -0.2) is 4.79 Å². The van der Waals surface area contributed by atoms with Crippen molar-refractivity contribution in [2.45, 2.75) is 19.3 Å². The number of carbonyl (C=O) groups excluding carboxylic acids is 2. The standard InChI is InChI=1S/C14H15N5O2S/c1-2-17-12-11(15-16-13-19(12)10(20)8-22-13)18(14(17)21)9-6-4-3-5-7-9/h3-7,11-12,15H,2,8H2,1H3. The van der Waals surface area contributed by atoms with E-state index >= 15 is 0 Å². The molecule has 2 saturated heterocycles. The largest absolute Gasteiger partial charge is 0.328 e. The van der Waals surface area contributed by atoms with Gasteiger partial charge in [-0.2, -0.15) is 5.10 Å². The van der Waals surface area contributed by atoms with E-state index in [2.05, 4.69) is 10.5 Å². The number of likely N-dealkylation sites (N-methyl/N-ethyl adjacent to an activating group) is 1. The number of amidine groups is 1. The van der Waals surface area contributed by atoms with Crippen molar-refractivity contribution in [1.82, 2.24) is 15.2 Å². The summed E-state index contributed by atoms with van der Waals surface area (Å²) in [5.41, 5.74) is 3.85. The minimum atomic E-state index is -0.374. The number of nitrogens with one attached hydrogen (secondary N) is 1. The Hall–Kier alpha value is -2.22. The molecule has 0 radical (unpaired) electrons. The smallest absolute Gasteiger partial charge is 0.300 e. The molecule has 0 aliphatic carbocycles. The van der Waals surface area contributed by atoms with Gasteiger partial charge in [0.25, 0.3) is 0 Å². The molecule has 0 bridgehead atoms. The Balaban J connectivity index is 1.78. The maximum absolute atomic E-state index is 12.8. The zero-order valence-electron chi connectivity index (χ0n) is 12.0. The molecule has 2 atom stereocenters. The van der Waals surface area contributed by atoms with Crippen LogP contribution in [0.25, 0.3) is 0 Å². The topological polar surface area (TPSA) is 68.2 Å². The second-order valence-corrected chi connectivity index (χ2v) is 6.15. The van der Waals surface area contributed by atoms with E-state index in [9.17, 15) is 9.59 Å². The Morgan fingerprint density at radius 3 is 2.77 bits per heavy atom. The molecule has 2 unspecified atom stereocenters. The van der Waals surface area contributed by atoms with Crippen LogP contribution in [0.3, 0.4) is 0 Å². The van der Waals surface area contributed by atoms with Crippen LogP contribution in [0.1, 0.15) is 6.92 Å². The van der Waals surface area contributed by atoms with Crippen LogP contribution in [0.2, 0.25) is 0 Å². The summed E-state index contributed by atoms with van der Waals surface area (Å²) < 4.78 is 0. The first-order chi connectivity index (χ1) is 10.7. The van der Waals surface area contributed by atoms with E-state index in [1.54, 1.807) is 14.7 Å². The monoisotopic (exact) mass is 317 g/mol. The lowest BCUT2D eigenvalue weighted by Crippen LogP contribution is -2.60. The van der Waals surface area contributed by atoms with E-state index in [0.717, 1.165) is 5.69 Å². The average Bonchev–Trinajstić information content (AvgIpc) is 3.05. The van der Waals surface area contributed by atoms with E-state index in [-0.39, 0.29) is 24.3 Å². The predicted octanol–water partition coefficient (Wildman–Crippen LogP) is 1.05. The number of hydrogen-bond acceptors (Lipinski definition) is 5. The van der Waals surface area contributed by atoms with Gasteiger partial charge in [-0.1, -0.05) is 30.0 Å². The number of carbonyl (C=O) groups is 2. The number of urea groups is 1. The number of thioether (sulfide) groups is 1. The third-order valence-corrected chi connectivity index (χ3v) is 5.00. The molecule has 4 rings (SSSR count). The van der Waals surface area contributed by atoms with Crippen molar-refractivity contribution < 1.29 is 9.59 Å². The lowest BCUT2D eigenvalue weighted by Gasteiger charge is -2.36. The Kier molecular flexibility index (Phi) is 3.00. The molecule has 2 fully saturated rings. The van der Waals surface area contributed by atoms with Crippen LogP contribution < -0.4 is 10.3 Å². The van der Waals surface area contributed by atoms with Gasteiger partial charge in [0.15, 0.2) is 17.5 Å². The van der Waals surface area contributed by atoms with Gasteiger partial charge in [0.05, 0.1) is 5.75 Å². The number of rotatable bonds is 2. The predicted molar refractivity (Wildman–Crippen MR) is 84.1 cm³/mol. The summed E-state index contributed by atoms with van der Waals surface area (Å²) in [6.45, 7) is 2.45. The number of anilines is 1. The molecule has 3 aliphatic heterocycles. The van der Waals surface area contributed by atoms with Crippen molar-refractivity contribution >= 4 is 34.6 Å². The van der Waals surface area contributed by atoms with Crippen LogP contribution in [0, 0.1) is 0 Å². The van der Waals surface area contributed by atoms with Crippen molar-refractivity contribution in [3.8, 4) is 0 Å². The first kappa shape index (κ1) is 13.4. The molecule has 0 saturated carbocycles. The summed E-state index contributed by atoms with van der Waals surface area (Å²) in [7, 11) is 0. The van der Waals surface area contributed by atoms with E-state index in [1.807, 2.05) is 37.3 Å². The fraction of sp³-hybridized carbons (Fsp3) is 0.357. The zero-order chi connectivity index (χ0) is 15.3. The van der Waals surface area contributed by atoms with E-state index < -0.39 is 0 Å². The van der Waals surface area contributed by atoms with Crippen LogP contribution in [-0.4, -0.2) is 51.5 Å². The molecular weight excluding hydrogens is 302 g/mol. The van der Waals surface area contributed by atoms with Gasteiger partial charge >= 0.3 is 6.03 Å². The van der Waals surface area contributed by atoms with Crippen molar-refractivity contribution in [3.63, 3.8) is 0 Å². The molecular formula is C14H15N5O2S. The summed E-state index contributed by atoms with van der Waals surface area (Å²) in [5.74, 6) is 0.377. The minimum absolute atomic E-state index is 0.00131. The third kappa shape index (κ3) is 1.73. The second-order valence-electron chi connectivity index (χ2n) is 5.21. The molecule has 1 N–H and O–H groups in total. The summed E-state index contributed by atoms with van der Waals surface area (Å²) in [6, 6.07) is 9.34. The van der Waals surface area contributed by atoms with Gasteiger partial charge in [-0.15, -0.1) is 0 Å². The average molecular weight is 317 g/mol. The van der Waals surface area contributed by atoms with Gasteiger partial charge < -0.3 is 0 Å². The first-order valence-corrected chi connectivity index (χ1v) is 8.14. The normalized spacial score (nSPS) is 26.8. The summed E-state index contributed by atoms with van der Waals surface area (Å²) in [5, 5.41) is 4.92. The van der Waals surface area contributed by atoms with Gasteiger partial charge in [-0.05, 0) is 19.1 Å². The van der Waals surface area contributed by atoms with E-state index in [1.165, 1.54) is 11.8 Å². The van der Waals surface area contributed by atoms with Crippen LogP contribution in [-0.2, 0) is 4.79 Å². The second kappa shape index (κ2) is 4.91. The lowest BCUT2D eigenvalue weighted by atomic mass is 10.2. The van der Waals surface area contributed by atoms with Crippen molar-refractivity contribution in [1.29, 1.82) is 0 Å². The molecule has 3 heterocycles. The van der Waals surface area contributed by atoms with E-state index in [4.69, 9.17) is 0 Å². The summed E-state index contributed by atoms with van der Waals surface area (Å²) in [4.78, 5) is 30.0. The molecule has 1 aromatic carbocycles. The summed E-state index contributed by atoms with van der Waals surface area (Å²) >= 11 is 1.40. The third-order valence-electron chi connectivity index (χ3n) is 4.06. The SMILES string of the molecule is CCN1C(=O)N(c2ccccc2)C2NN=C3SCC(=O)N3C21. The van der Waals surface area contributed by atoms with Gasteiger partial charge in [0.1, 0.15) is 0 Å². The van der Waals surface area contributed by atoms with Crippen LogP contribution in [0.5, 0.6) is 0 Å². The highest BCUT2D eigenvalue weighted by atomic mass is 32.2. The van der Waals surface area contributed by atoms with Crippen LogP contribution in [0.15, 0.2) is 35.4 Å². The number of benzene rings is 1. The number of amides is 3. The molecule has 8 heteroatoms. The highest BCUT2D eigenvalue weighted by molar-refractivity contribution is 8.15. The Bertz CT molecular complexity index is 664. The maximum Gasteiger partial charge on any atom is 0.328 e. The number of nitrogens with zero attached hydrogens (tertiary/aromatic N) is 4. The molecule has 3 amide bonds. The number of hydrogen-bond donors (Lipinski definition) is 1. The van der Waals surface area contributed by atoms with Gasteiger partial charge in [0.2, 0.25) is 5.91 Å². The molecule has 1 aromatic rings. The van der Waals surface area contributed by atoms with Crippen LogP contribution >= 0.6 is 11.8 Å². The maximum atomic E-state index is 12.8. The van der Waals surface area contributed by atoms with Crippen LogP contribution in [0.4, 0.5) is 10.5 Å². The van der Waals surface area contributed by atoms with Crippen molar-refractivity contribution in [2.24, 2.45) is 5.10 Å². The zero-order valence-corrected chi connectivity index (χ0v) is 12.8. The molecule has 0 spiro atoms. The Morgan fingerprint density at radius 2 is 2.05 bits per heavy atom. The van der Waals surface area contributed by atoms with E-state index in [0.29, 0.717) is 17.5 Å².